The molecule has 0 unspecified atom stereocenters. The van der Waals surface area contributed by atoms with Gasteiger partial charge in [-0.25, -0.2) is 9.18 Å². The number of carbonyl (C=O) groups excluding carboxylic acids is 2. The lowest BCUT2D eigenvalue weighted by atomic mass is 9.75. The first-order valence-corrected chi connectivity index (χ1v) is 11.7. The third kappa shape index (κ3) is 4.25. The van der Waals surface area contributed by atoms with Crippen molar-refractivity contribution in [2.45, 2.75) is 43.9 Å². The highest BCUT2D eigenvalue weighted by molar-refractivity contribution is 6.07. The van der Waals surface area contributed by atoms with Crippen molar-refractivity contribution in [3.8, 4) is 0 Å². The molecule has 1 aromatic carbocycles. The highest BCUT2D eigenvalue weighted by Gasteiger charge is 2.58. The Morgan fingerprint density at radius 3 is 2.55 bits per heavy atom. The van der Waals surface area contributed by atoms with Gasteiger partial charge >= 0.3 is 6.03 Å². The van der Waals surface area contributed by atoms with Crippen LogP contribution in [0, 0.1) is 11.7 Å². The fraction of sp³-hybridized carbons (Fsp3) is 0.480. The number of amides is 3. The fourth-order valence-electron chi connectivity index (χ4n) is 5.38. The Hall–Kier alpha value is -2.84. The lowest BCUT2D eigenvalue weighted by Gasteiger charge is -2.40. The van der Waals surface area contributed by atoms with E-state index in [-0.39, 0.29) is 36.3 Å². The van der Waals surface area contributed by atoms with Gasteiger partial charge in [0.1, 0.15) is 5.82 Å². The molecule has 3 saturated heterocycles. The highest BCUT2D eigenvalue weighted by Crippen LogP contribution is 2.41. The predicted molar refractivity (Wildman–Crippen MR) is 120 cm³/mol. The van der Waals surface area contributed by atoms with Crippen LogP contribution in [0.3, 0.4) is 0 Å². The van der Waals surface area contributed by atoms with Crippen molar-refractivity contribution in [2.24, 2.45) is 5.92 Å². The maximum absolute atomic E-state index is 13.8. The van der Waals surface area contributed by atoms with Gasteiger partial charge in [0.2, 0.25) is 0 Å². The normalized spacial score (nSPS) is 26.7. The summed E-state index contributed by atoms with van der Waals surface area (Å²) in [6, 6.07) is 11.7. The molecule has 0 bridgehead atoms. The summed E-state index contributed by atoms with van der Waals surface area (Å²) in [6.45, 7) is 3.25. The highest BCUT2D eigenvalue weighted by atomic mass is 19.1. The number of nitrogens with zero attached hydrogens (tertiary/aromatic N) is 3. The molecule has 4 heterocycles. The van der Waals surface area contributed by atoms with Crippen molar-refractivity contribution >= 4 is 11.9 Å². The topological polar surface area (TPSA) is 74.8 Å². The van der Waals surface area contributed by atoms with Crippen LogP contribution in [0.4, 0.5) is 9.18 Å². The van der Waals surface area contributed by atoms with Gasteiger partial charge in [-0.1, -0.05) is 18.2 Å². The zero-order chi connectivity index (χ0) is 22.8. The first-order valence-electron chi connectivity index (χ1n) is 11.7. The second-order valence-electron chi connectivity index (χ2n) is 9.18. The number of ether oxygens (including phenoxy) is 1. The third-order valence-electron chi connectivity index (χ3n) is 7.13. The minimum Gasteiger partial charge on any atom is -0.376 e. The van der Waals surface area contributed by atoms with E-state index in [0.29, 0.717) is 12.3 Å². The first-order chi connectivity index (χ1) is 16.1. The molecule has 7 nitrogen and oxygen atoms in total. The number of piperidine rings is 1. The standard InChI is InChI=1S/C25H29FN4O3/c26-20-8-6-18(7-9-20)16-29-13-10-19(11-14-29)25(22-5-1-2-12-27-22)23(31)30(24(32)28-25)17-21-4-3-15-33-21/h1-2,5-9,12,19,21H,3-4,10-11,13-17H2,(H,28,32)/t21-,25-/m0/s1. The van der Waals surface area contributed by atoms with Crippen LogP contribution >= 0.6 is 0 Å². The van der Waals surface area contributed by atoms with Crippen molar-refractivity contribution in [3.63, 3.8) is 0 Å². The summed E-state index contributed by atoms with van der Waals surface area (Å²) >= 11 is 0. The van der Waals surface area contributed by atoms with Crippen LogP contribution in [0.25, 0.3) is 0 Å². The smallest absolute Gasteiger partial charge is 0.325 e. The van der Waals surface area contributed by atoms with Crippen LogP contribution in [-0.4, -0.2) is 59.1 Å². The molecule has 5 rings (SSSR count). The van der Waals surface area contributed by atoms with Crippen LogP contribution in [0.2, 0.25) is 0 Å². The molecule has 1 aromatic heterocycles. The van der Waals surface area contributed by atoms with Gasteiger partial charge in [-0.3, -0.25) is 19.6 Å². The Labute approximate surface area is 192 Å². The van der Waals surface area contributed by atoms with Crippen molar-refractivity contribution in [1.29, 1.82) is 0 Å². The minimum absolute atomic E-state index is 0.0668. The average Bonchev–Trinajstić information content (AvgIpc) is 3.44. The lowest BCUT2D eigenvalue weighted by molar-refractivity contribution is -0.135. The molecule has 3 aliphatic rings. The number of imide groups is 1. The second kappa shape index (κ2) is 9.19. The quantitative estimate of drug-likeness (QED) is 0.682. The molecular weight excluding hydrogens is 423 g/mol. The number of nitrogens with one attached hydrogen (secondary N) is 1. The molecule has 174 valence electrons. The fourth-order valence-corrected chi connectivity index (χ4v) is 5.38. The zero-order valence-electron chi connectivity index (χ0n) is 18.6. The van der Waals surface area contributed by atoms with Gasteiger partial charge in [0.15, 0.2) is 5.54 Å². The SMILES string of the molecule is O=C1N[C@](c2ccccn2)(C2CCN(Cc3ccc(F)cc3)CC2)C(=O)N1C[C@@H]1CCCO1. The van der Waals surface area contributed by atoms with Crippen LogP contribution in [-0.2, 0) is 21.6 Å². The Bertz CT molecular complexity index is 988. The number of urea groups is 1. The maximum atomic E-state index is 13.8. The Morgan fingerprint density at radius 2 is 1.88 bits per heavy atom. The van der Waals surface area contributed by atoms with Gasteiger partial charge in [-0.05, 0) is 74.5 Å². The summed E-state index contributed by atoms with van der Waals surface area (Å²) in [5.41, 5.74) is 0.497. The number of hydrogen-bond donors (Lipinski definition) is 1. The number of halogens is 1. The van der Waals surface area contributed by atoms with Crippen LogP contribution in [0.5, 0.6) is 0 Å². The van der Waals surface area contributed by atoms with Crippen molar-refractivity contribution in [1.82, 2.24) is 20.1 Å². The van der Waals surface area contributed by atoms with E-state index < -0.39 is 5.54 Å². The Balaban J connectivity index is 1.35. The van der Waals surface area contributed by atoms with Gasteiger partial charge in [0.05, 0.1) is 18.3 Å². The predicted octanol–water partition coefficient (Wildman–Crippen LogP) is 3.06. The molecule has 2 aromatic rings. The van der Waals surface area contributed by atoms with E-state index in [1.807, 2.05) is 18.2 Å². The molecular formula is C25H29FN4O3. The molecule has 33 heavy (non-hydrogen) atoms. The number of pyridine rings is 1. The molecule has 0 spiro atoms. The Morgan fingerprint density at radius 1 is 1.09 bits per heavy atom. The van der Waals surface area contributed by atoms with Crippen LogP contribution < -0.4 is 5.32 Å². The maximum Gasteiger partial charge on any atom is 0.325 e. The molecule has 3 amide bonds. The van der Waals surface area contributed by atoms with Gasteiger partial charge in [-0.2, -0.15) is 0 Å². The van der Waals surface area contributed by atoms with E-state index in [0.717, 1.165) is 50.9 Å². The van der Waals surface area contributed by atoms with Crippen LogP contribution in [0.15, 0.2) is 48.7 Å². The van der Waals surface area contributed by atoms with Gasteiger partial charge in [0.25, 0.3) is 5.91 Å². The van der Waals surface area contributed by atoms with Gasteiger partial charge in [0, 0.05) is 19.3 Å². The number of hydrogen-bond acceptors (Lipinski definition) is 5. The summed E-state index contributed by atoms with van der Waals surface area (Å²) in [6.07, 6.45) is 4.87. The molecule has 0 radical (unpaired) electrons. The largest absolute Gasteiger partial charge is 0.376 e. The molecule has 0 aliphatic carbocycles. The van der Waals surface area contributed by atoms with E-state index >= 15 is 0 Å². The number of likely N-dealkylation sites (tertiary alicyclic amines) is 1. The zero-order valence-corrected chi connectivity index (χ0v) is 18.6. The monoisotopic (exact) mass is 452 g/mol. The van der Waals surface area contributed by atoms with E-state index in [4.69, 9.17) is 4.74 Å². The van der Waals surface area contributed by atoms with Gasteiger partial charge < -0.3 is 10.1 Å². The van der Waals surface area contributed by atoms with Crippen molar-refractivity contribution in [3.05, 3.63) is 65.7 Å². The van der Waals surface area contributed by atoms with E-state index in [2.05, 4.69) is 15.2 Å². The second-order valence-corrected chi connectivity index (χ2v) is 9.18. The first kappa shape index (κ1) is 22.0. The minimum atomic E-state index is -1.15. The Kier molecular flexibility index (Phi) is 6.12. The molecule has 2 atom stereocenters. The number of carbonyl (C=O) groups is 2. The third-order valence-corrected chi connectivity index (χ3v) is 7.13. The summed E-state index contributed by atoms with van der Waals surface area (Å²) in [5, 5.41) is 3.06. The van der Waals surface area contributed by atoms with Crippen molar-refractivity contribution < 1.29 is 18.7 Å². The lowest BCUT2D eigenvalue weighted by Crippen LogP contribution is -2.54. The van der Waals surface area contributed by atoms with E-state index in [1.54, 1.807) is 18.3 Å². The average molecular weight is 453 g/mol. The van der Waals surface area contributed by atoms with Crippen molar-refractivity contribution in [2.75, 3.05) is 26.2 Å². The summed E-state index contributed by atoms with van der Waals surface area (Å²) in [5.74, 6) is -0.528. The van der Waals surface area contributed by atoms with E-state index in [9.17, 15) is 14.0 Å². The molecule has 8 heteroatoms. The van der Waals surface area contributed by atoms with Gasteiger partial charge in [-0.15, -0.1) is 0 Å². The number of rotatable bonds is 6. The number of benzene rings is 1. The van der Waals surface area contributed by atoms with E-state index in [1.165, 1.54) is 17.0 Å². The summed E-state index contributed by atoms with van der Waals surface area (Å²) in [7, 11) is 0. The molecule has 0 saturated carbocycles. The molecule has 3 aliphatic heterocycles. The molecule has 3 fully saturated rings. The summed E-state index contributed by atoms with van der Waals surface area (Å²) in [4.78, 5) is 35.0. The molecule has 1 N–H and O–H groups in total. The summed E-state index contributed by atoms with van der Waals surface area (Å²) < 4.78 is 18.9. The van der Waals surface area contributed by atoms with Crippen LogP contribution in [0.1, 0.15) is 36.9 Å². The number of aromatic nitrogens is 1.